The van der Waals surface area contributed by atoms with Crippen molar-refractivity contribution in [3.63, 3.8) is 0 Å². The smallest absolute Gasteiger partial charge is 0.0674 e. The molecule has 1 rings (SSSR count). The molecule has 1 saturated heterocycles. The lowest BCUT2D eigenvalue weighted by Gasteiger charge is -2.31. The van der Waals surface area contributed by atoms with Crippen LogP contribution in [0, 0.1) is 0 Å². The summed E-state index contributed by atoms with van der Waals surface area (Å²) >= 11 is 0. The maximum Gasteiger partial charge on any atom is 0.0674 e. The number of hydrogen-bond acceptors (Lipinski definition) is 4. The third-order valence-electron chi connectivity index (χ3n) is 2.89. The van der Waals surface area contributed by atoms with E-state index in [1.807, 2.05) is 0 Å². The molecule has 0 aliphatic carbocycles. The summed E-state index contributed by atoms with van der Waals surface area (Å²) in [5.74, 6) is 0. The lowest BCUT2D eigenvalue weighted by molar-refractivity contribution is -0.0176. The summed E-state index contributed by atoms with van der Waals surface area (Å²) in [5, 5.41) is 3.49. The van der Waals surface area contributed by atoms with Gasteiger partial charge in [0.2, 0.25) is 0 Å². The van der Waals surface area contributed by atoms with Gasteiger partial charge in [-0.2, -0.15) is 0 Å². The van der Waals surface area contributed by atoms with Crippen molar-refractivity contribution >= 4 is 0 Å². The first-order chi connectivity index (χ1) is 7.68. The van der Waals surface area contributed by atoms with Crippen LogP contribution in [-0.4, -0.2) is 75.9 Å². The molecule has 0 amide bonds. The second-order valence-corrected chi connectivity index (χ2v) is 4.89. The summed E-state index contributed by atoms with van der Waals surface area (Å²) < 4.78 is 5.51. The Bertz CT molecular complexity index is 176. The van der Waals surface area contributed by atoms with Gasteiger partial charge >= 0.3 is 0 Å². The fourth-order valence-corrected chi connectivity index (χ4v) is 1.98. The second-order valence-electron chi connectivity index (χ2n) is 4.89. The highest BCUT2D eigenvalue weighted by Gasteiger charge is 2.15. The summed E-state index contributed by atoms with van der Waals surface area (Å²) in [6.45, 7) is 9.75. The van der Waals surface area contributed by atoms with Crippen molar-refractivity contribution in [2.24, 2.45) is 0 Å². The number of nitrogens with one attached hydrogen (secondary N) is 1. The average molecular weight is 229 g/mol. The third-order valence-corrected chi connectivity index (χ3v) is 2.89. The van der Waals surface area contributed by atoms with Crippen molar-refractivity contribution in [1.82, 2.24) is 15.1 Å². The normalized spacial score (nSPS) is 22.9. The van der Waals surface area contributed by atoms with Crippen LogP contribution in [0.1, 0.15) is 13.3 Å². The molecular weight excluding hydrogens is 202 g/mol. The molecule has 0 saturated carbocycles. The minimum atomic E-state index is 0.405. The highest BCUT2D eigenvalue weighted by molar-refractivity contribution is 4.68. The van der Waals surface area contributed by atoms with Crippen LogP contribution in [-0.2, 0) is 4.74 Å². The van der Waals surface area contributed by atoms with Crippen LogP contribution in [0.5, 0.6) is 0 Å². The third kappa shape index (κ3) is 6.43. The molecule has 4 nitrogen and oxygen atoms in total. The van der Waals surface area contributed by atoms with Crippen molar-refractivity contribution in [3.8, 4) is 0 Å². The number of ether oxygens (including phenoxy) is 1. The van der Waals surface area contributed by atoms with Gasteiger partial charge in [-0.15, -0.1) is 0 Å². The summed E-state index contributed by atoms with van der Waals surface area (Å²) in [5.41, 5.74) is 0. The van der Waals surface area contributed by atoms with Crippen molar-refractivity contribution in [2.45, 2.75) is 19.4 Å². The molecule has 96 valence electrons. The Labute approximate surface area is 99.9 Å². The van der Waals surface area contributed by atoms with Crippen molar-refractivity contribution < 1.29 is 4.74 Å². The van der Waals surface area contributed by atoms with Crippen LogP contribution in [0.3, 0.4) is 0 Å². The van der Waals surface area contributed by atoms with Gasteiger partial charge in [0.25, 0.3) is 0 Å². The Morgan fingerprint density at radius 1 is 1.38 bits per heavy atom. The Morgan fingerprint density at radius 3 is 2.88 bits per heavy atom. The number of rotatable bonds is 7. The fraction of sp³-hybridized carbons (Fsp3) is 1.00. The quantitative estimate of drug-likeness (QED) is 0.633. The van der Waals surface area contributed by atoms with Crippen LogP contribution < -0.4 is 5.32 Å². The fourth-order valence-electron chi connectivity index (χ4n) is 1.98. The zero-order valence-corrected chi connectivity index (χ0v) is 11.0. The largest absolute Gasteiger partial charge is 0.376 e. The Morgan fingerprint density at radius 2 is 2.19 bits per heavy atom. The minimum absolute atomic E-state index is 0.405. The monoisotopic (exact) mass is 229 g/mol. The van der Waals surface area contributed by atoms with Gasteiger partial charge in [-0.25, -0.2) is 0 Å². The van der Waals surface area contributed by atoms with E-state index in [4.69, 9.17) is 4.74 Å². The summed E-state index contributed by atoms with van der Waals surface area (Å²) in [6, 6.07) is 0. The molecule has 16 heavy (non-hydrogen) atoms. The van der Waals surface area contributed by atoms with E-state index in [1.54, 1.807) is 0 Å². The maximum atomic E-state index is 5.51. The van der Waals surface area contributed by atoms with E-state index in [-0.39, 0.29) is 0 Å². The predicted molar refractivity (Wildman–Crippen MR) is 67.9 cm³/mol. The minimum Gasteiger partial charge on any atom is -0.376 e. The highest BCUT2D eigenvalue weighted by Crippen LogP contribution is 2.02. The van der Waals surface area contributed by atoms with Gasteiger partial charge < -0.3 is 15.0 Å². The van der Waals surface area contributed by atoms with E-state index in [2.05, 4.69) is 36.1 Å². The van der Waals surface area contributed by atoms with Gasteiger partial charge in [-0.1, -0.05) is 0 Å². The van der Waals surface area contributed by atoms with E-state index in [0.717, 1.165) is 39.3 Å². The molecule has 1 heterocycles. The summed E-state index contributed by atoms with van der Waals surface area (Å²) in [4.78, 5) is 4.71. The SMILES string of the molecule is CC1CN(CCNCCCN(C)C)CCO1. The Kier molecular flexibility index (Phi) is 6.96. The lowest BCUT2D eigenvalue weighted by Crippen LogP contribution is -2.44. The predicted octanol–water partition coefficient (Wildman–Crippen LogP) is 0.248. The van der Waals surface area contributed by atoms with Crippen molar-refractivity contribution in [1.29, 1.82) is 0 Å². The van der Waals surface area contributed by atoms with Crippen molar-refractivity contribution in [2.75, 3.05) is 60.0 Å². The van der Waals surface area contributed by atoms with Gasteiger partial charge in [0.15, 0.2) is 0 Å². The van der Waals surface area contributed by atoms with Crippen LogP contribution >= 0.6 is 0 Å². The van der Waals surface area contributed by atoms with E-state index in [0.29, 0.717) is 6.10 Å². The van der Waals surface area contributed by atoms with Gasteiger partial charge in [-0.3, -0.25) is 4.90 Å². The van der Waals surface area contributed by atoms with Gasteiger partial charge in [0.1, 0.15) is 0 Å². The highest BCUT2D eigenvalue weighted by atomic mass is 16.5. The number of morpholine rings is 1. The maximum absolute atomic E-state index is 5.51. The molecule has 1 aliphatic rings. The molecule has 1 fully saturated rings. The van der Waals surface area contributed by atoms with Crippen LogP contribution in [0.15, 0.2) is 0 Å². The Hall–Kier alpha value is -0.160. The molecule has 1 atom stereocenters. The zero-order chi connectivity index (χ0) is 11.8. The molecule has 0 aromatic carbocycles. The summed E-state index contributed by atoms with van der Waals surface area (Å²) in [7, 11) is 4.24. The van der Waals surface area contributed by atoms with E-state index >= 15 is 0 Å². The van der Waals surface area contributed by atoms with E-state index in [1.165, 1.54) is 13.0 Å². The molecule has 0 aromatic heterocycles. The molecule has 1 N–H and O–H groups in total. The zero-order valence-electron chi connectivity index (χ0n) is 11.0. The first-order valence-corrected chi connectivity index (χ1v) is 6.38. The molecule has 0 bridgehead atoms. The van der Waals surface area contributed by atoms with E-state index < -0.39 is 0 Å². The summed E-state index contributed by atoms with van der Waals surface area (Å²) in [6.07, 6.45) is 1.63. The van der Waals surface area contributed by atoms with Crippen LogP contribution in [0.2, 0.25) is 0 Å². The van der Waals surface area contributed by atoms with Gasteiger partial charge in [0, 0.05) is 26.2 Å². The van der Waals surface area contributed by atoms with Gasteiger partial charge in [-0.05, 0) is 40.5 Å². The molecule has 0 radical (unpaired) electrons. The molecule has 0 spiro atoms. The van der Waals surface area contributed by atoms with Crippen LogP contribution in [0.25, 0.3) is 0 Å². The molecule has 0 aromatic rings. The average Bonchev–Trinajstić information content (AvgIpc) is 2.23. The van der Waals surface area contributed by atoms with E-state index in [9.17, 15) is 0 Å². The topological polar surface area (TPSA) is 27.7 Å². The second kappa shape index (κ2) is 8.01. The number of hydrogen-bond donors (Lipinski definition) is 1. The first-order valence-electron chi connectivity index (χ1n) is 6.38. The number of nitrogens with zero attached hydrogens (tertiary/aromatic N) is 2. The van der Waals surface area contributed by atoms with Crippen LogP contribution in [0.4, 0.5) is 0 Å². The lowest BCUT2D eigenvalue weighted by atomic mass is 10.3. The molecule has 4 heteroatoms. The molecule has 1 aliphatic heterocycles. The standard InChI is InChI=1S/C12H27N3O/c1-12-11-15(9-10-16-12)8-6-13-5-4-7-14(2)3/h12-13H,4-11H2,1-3H3. The van der Waals surface area contributed by atoms with Crippen molar-refractivity contribution in [3.05, 3.63) is 0 Å². The first kappa shape index (κ1) is 13.9. The van der Waals surface area contributed by atoms with Gasteiger partial charge in [0.05, 0.1) is 12.7 Å². The Balaban J connectivity index is 1.90. The molecular formula is C12H27N3O. The molecule has 1 unspecified atom stereocenters.